The minimum atomic E-state index is -0.325. The third-order valence-electron chi connectivity index (χ3n) is 4.96. The summed E-state index contributed by atoms with van der Waals surface area (Å²) in [7, 11) is 0. The highest BCUT2D eigenvalue weighted by atomic mass is 35.5. The molecule has 0 aromatic rings. The largest absolute Gasteiger partial charge is 0.381 e. The second-order valence-electron chi connectivity index (χ2n) is 6.54. The molecule has 0 bridgehead atoms. The maximum absolute atomic E-state index is 12.5. The van der Waals surface area contributed by atoms with Crippen LogP contribution >= 0.6 is 24.8 Å². The molecule has 130 valence electrons. The number of amides is 1. The molecule has 3 rings (SSSR count). The molecule has 0 radical (unpaired) electrons. The topological polar surface area (TPSA) is 58.8 Å². The van der Waals surface area contributed by atoms with Crippen molar-refractivity contribution < 1.29 is 9.53 Å². The molecule has 5 nitrogen and oxygen atoms in total. The Hall–Kier alpha value is -0.0700. The molecule has 2 heterocycles. The normalized spacial score (nSPS) is 25.0. The summed E-state index contributed by atoms with van der Waals surface area (Å²) in [6, 6.07) is -0.325. The third kappa shape index (κ3) is 5.24. The minimum Gasteiger partial charge on any atom is -0.381 e. The summed E-state index contributed by atoms with van der Waals surface area (Å²) in [5.74, 6) is 1.39. The summed E-state index contributed by atoms with van der Waals surface area (Å²) in [6.07, 6.45) is 4.64. The van der Waals surface area contributed by atoms with Gasteiger partial charge in [0, 0.05) is 45.9 Å². The Balaban J connectivity index is 0.00000121. The van der Waals surface area contributed by atoms with Crippen LogP contribution in [0.5, 0.6) is 0 Å². The number of piperazine rings is 1. The van der Waals surface area contributed by atoms with Crippen molar-refractivity contribution in [2.24, 2.45) is 17.6 Å². The summed E-state index contributed by atoms with van der Waals surface area (Å²) in [5, 5.41) is 0. The van der Waals surface area contributed by atoms with E-state index in [2.05, 4.69) is 4.90 Å². The van der Waals surface area contributed by atoms with Crippen LogP contribution in [-0.4, -0.2) is 67.7 Å². The molecule has 1 aliphatic carbocycles. The zero-order chi connectivity index (χ0) is 13.9. The molecule has 1 saturated carbocycles. The van der Waals surface area contributed by atoms with Crippen molar-refractivity contribution in [1.29, 1.82) is 0 Å². The average molecular weight is 354 g/mol. The summed E-state index contributed by atoms with van der Waals surface area (Å²) < 4.78 is 5.34. The van der Waals surface area contributed by atoms with Gasteiger partial charge in [0.25, 0.3) is 0 Å². The first-order valence-corrected chi connectivity index (χ1v) is 8.08. The molecule has 2 aliphatic heterocycles. The van der Waals surface area contributed by atoms with E-state index in [1.807, 2.05) is 4.90 Å². The van der Waals surface area contributed by atoms with Crippen LogP contribution in [0.3, 0.4) is 0 Å². The van der Waals surface area contributed by atoms with Crippen molar-refractivity contribution >= 4 is 30.7 Å². The summed E-state index contributed by atoms with van der Waals surface area (Å²) in [6.45, 7) is 6.46. The Morgan fingerprint density at radius 1 is 1.05 bits per heavy atom. The molecule has 0 aromatic heterocycles. The van der Waals surface area contributed by atoms with Gasteiger partial charge in [0.2, 0.25) is 5.91 Å². The van der Waals surface area contributed by atoms with Gasteiger partial charge < -0.3 is 15.4 Å². The van der Waals surface area contributed by atoms with Crippen LogP contribution in [0.25, 0.3) is 0 Å². The SMILES string of the molecule is Cl.Cl.NC(C(=O)N1CCN(CC2CC2)CC1)C1CCOCC1. The quantitative estimate of drug-likeness (QED) is 0.823. The number of hydrogen-bond acceptors (Lipinski definition) is 4. The molecular formula is C15H29Cl2N3O2. The van der Waals surface area contributed by atoms with Crippen molar-refractivity contribution in [3.63, 3.8) is 0 Å². The van der Waals surface area contributed by atoms with Crippen molar-refractivity contribution in [2.75, 3.05) is 45.9 Å². The summed E-state index contributed by atoms with van der Waals surface area (Å²) in [5.41, 5.74) is 6.19. The number of ether oxygens (including phenoxy) is 1. The van der Waals surface area contributed by atoms with Gasteiger partial charge in [-0.25, -0.2) is 0 Å². The number of carbonyl (C=O) groups excluding carboxylic acids is 1. The van der Waals surface area contributed by atoms with Crippen LogP contribution in [0.4, 0.5) is 0 Å². The first kappa shape index (κ1) is 20.0. The Morgan fingerprint density at radius 3 is 2.18 bits per heavy atom. The van der Waals surface area contributed by atoms with E-state index in [-0.39, 0.29) is 36.8 Å². The van der Waals surface area contributed by atoms with E-state index in [9.17, 15) is 4.79 Å². The van der Waals surface area contributed by atoms with Crippen LogP contribution in [0.1, 0.15) is 25.7 Å². The lowest BCUT2D eigenvalue weighted by atomic mass is 9.91. The van der Waals surface area contributed by atoms with E-state index in [1.165, 1.54) is 19.4 Å². The fourth-order valence-corrected chi connectivity index (χ4v) is 3.30. The van der Waals surface area contributed by atoms with Gasteiger partial charge in [-0.2, -0.15) is 0 Å². The van der Waals surface area contributed by atoms with Crippen LogP contribution in [0.15, 0.2) is 0 Å². The lowest BCUT2D eigenvalue weighted by molar-refractivity contribution is -0.136. The van der Waals surface area contributed by atoms with Crippen molar-refractivity contribution in [2.45, 2.75) is 31.7 Å². The molecule has 1 atom stereocenters. The molecule has 22 heavy (non-hydrogen) atoms. The van der Waals surface area contributed by atoms with Crippen LogP contribution in [-0.2, 0) is 9.53 Å². The first-order valence-electron chi connectivity index (χ1n) is 8.08. The molecule has 3 aliphatic rings. The minimum absolute atomic E-state index is 0. The van der Waals surface area contributed by atoms with Gasteiger partial charge in [-0.1, -0.05) is 0 Å². The van der Waals surface area contributed by atoms with Crippen LogP contribution in [0, 0.1) is 11.8 Å². The number of halogens is 2. The third-order valence-corrected chi connectivity index (χ3v) is 4.96. The fourth-order valence-electron chi connectivity index (χ4n) is 3.30. The van der Waals surface area contributed by atoms with Gasteiger partial charge in [-0.15, -0.1) is 24.8 Å². The second kappa shape index (κ2) is 9.28. The summed E-state index contributed by atoms with van der Waals surface area (Å²) >= 11 is 0. The smallest absolute Gasteiger partial charge is 0.239 e. The Morgan fingerprint density at radius 2 is 1.64 bits per heavy atom. The highest BCUT2D eigenvalue weighted by Gasteiger charge is 2.32. The predicted octanol–water partition coefficient (Wildman–Crippen LogP) is 1.14. The van der Waals surface area contributed by atoms with Crippen LogP contribution < -0.4 is 5.73 Å². The zero-order valence-electron chi connectivity index (χ0n) is 13.1. The van der Waals surface area contributed by atoms with Gasteiger partial charge in [0.15, 0.2) is 0 Å². The lowest BCUT2D eigenvalue weighted by Crippen LogP contribution is -2.55. The van der Waals surface area contributed by atoms with E-state index in [4.69, 9.17) is 10.5 Å². The van der Waals surface area contributed by atoms with E-state index in [1.54, 1.807) is 0 Å². The highest BCUT2D eigenvalue weighted by Crippen LogP contribution is 2.30. The molecule has 2 N–H and O–H groups in total. The summed E-state index contributed by atoms with van der Waals surface area (Å²) in [4.78, 5) is 17.0. The highest BCUT2D eigenvalue weighted by molar-refractivity contribution is 5.85. The zero-order valence-corrected chi connectivity index (χ0v) is 14.7. The van der Waals surface area contributed by atoms with E-state index in [0.29, 0.717) is 5.92 Å². The molecular weight excluding hydrogens is 325 g/mol. The predicted molar refractivity (Wildman–Crippen MR) is 91.8 cm³/mol. The van der Waals surface area contributed by atoms with Crippen molar-refractivity contribution in [3.8, 4) is 0 Å². The number of rotatable bonds is 4. The Kier molecular flexibility index (Phi) is 8.43. The first-order chi connectivity index (χ1) is 9.74. The van der Waals surface area contributed by atoms with Crippen molar-refractivity contribution in [3.05, 3.63) is 0 Å². The second-order valence-corrected chi connectivity index (χ2v) is 6.54. The molecule has 1 amide bonds. The number of nitrogens with zero attached hydrogens (tertiary/aromatic N) is 2. The average Bonchev–Trinajstić information content (AvgIpc) is 3.31. The molecule has 0 aromatic carbocycles. The molecule has 0 spiro atoms. The molecule has 7 heteroatoms. The Bertz CT molecular complexity index is 342. The van der Waals surface area contributed by atoms with Crippen molar-refractivity contribution in [1.82, 2.24) is 9.80 Å². The lowest BCUT2D eigenvalue weighted by Gasteiger charge is -2.37. The van der Waals surface area contributed by atoms with Gasteiger partial charge in [-0.05, 0) is 37.5 Å². The number of nitrogens with two attached hydrogens (primary N) is 1. The van der Waals surface area contributed by atoms with Gasteiger partial charge >= 0.3 is 0 Å². The monoisotopic (exact) mass is 353 g/mol. The fraction of sp³-hybridized carbons (Fsp3) is 0.933. The molecule has 2 saturated heterocycles. The van der Waals surface area contributed by atoms with E-state index < -0.39 is 0 Å². The standard InChI is InChI=1S/C15H27N3O2.2ClH/c16-14(13-3-9-20-10-4-13)15(19)18-7-5-17(6-8-18)11-12-1-2-12;;/h12-14H,1-11,16H2;2*1H. The van der Waals surface area contributed by atoms with E-state index >= 15 is 0 Å². The van der Waals surface area contributed by atoms with Crippen LogP contribution in [0.2, 0.25) is 0 Å². The van der Waals surface area contributed by atoms with Gasteiger partial charge in [0.05, 0.1) is 6.04 Å². The molecule has 1 unspecified atom stereocenters. The molecule has 3 fully saturated rings. The van der Waals surface area contributed by atoms with E-state index in [0.717, 1.165) is 58.2 Å². The number of carbonyl (C=O) groups is 1. The maximum Gasteiger partial charge on any atom is 0.239 e. The van der Waals surface area contributed by atoms with Gasteiger partial charge in [-0.3, -0.25) is 9.69 Å². The maximum atomic E-state index is 12.5. The Labute approximate surface area is 145 Å². The number of hydrogen-bond donors (Lipinski definition) is 1. The van der Waals surface area contributed by atoms with Gasteiger partial charge in [0.1, 0.15) is 0 Å².